The lowest BCUT2D eigenvalue weighted by atomic mass is 10.1. The zero-order valence-electron chi connectivity index (χ0n) is 11.6. The highest BCUT2D eigenvalue weighted by Gasteiger charge is 1.96. The third-order valence-electron chi connectivity index (χ3n) is 2.91. The average Bonchev–Trinajstić information content (AvgIpc) is 2.94. The Morgan fingerprint density at radius 2 is 2.11 bits per heavy atom. The summed E-state index contributed by atoms with van der Waals surface area (Å²) >= 11 is 0. The number of nitrogens with zero attached hydrogens (tertiary/aromatic N) is 2. The van der Waals surface area contributed by atoms with Crippen LogP contribution < -0.4 is 5.32 Å². The number of hydrogen-bond acceptors (Lipinski definition) is 2. The molecule has 2 aromatic rings. The van der Waals surface area contributed by atoms with Crippen LogP contribution in [0.25, 0.3) is 11.8 Å². The molecule has 0 aliphatic heterocycles. The summed E-state index contributed by atoms with van der Waals surface area (Å²) in [5.74, 6) is 0. The molecule has 100 valence electrons. The van der Waals surface area contributed by atoms with Crippen molar-refractivity contribution in [3.8, 4) is 5.69 Å². The molecule has 0 spiro atoms. The van der Waals surface area contributed by atoms with Crippen LogP contribution in [-0.4, -0.2) is 22.9 Å². The minimum atomic E-state index is 0.953. The van der Waals surface area contributed by atoms with Crippen LogP contribution in [0.15, 0.2) is 48.3 Å². The van der Waals surface area contributed by atoms with E-state index in [0.29, 0.717) is 0 Å². The quantitative estimate of drug-likeness (QED) is 0.803. The molecule has 19 heavy (non-hydrogen) atoms. The maximum Gasteiger partial charge on any atom is 0.0645 e. The predicted octanol–water partition coefficient (Wildman–Crippen LogP) is 3.28. The summed E-state index contributed by atoms with van der Waals surface area (Å²) in [4.78, 5) is 0. The molecule has 0 bridgehead atoms. The Balaban J connectivity index is 2.00. The van der Waals surface area contributed by atoms with Crippen LogP contribution in [0.4, 0.5) is 0 Å². The van der Waals surface area contributed by atoms with Crippen LogP contribution in [0.3, 0.4) is 0 Å². The first-order valence-corrected chi connectivity index (χ1v) is 6.77. The molecule has 3 heteroatoms. The third kappa shape index (κ3) is 4.07. The van der Waals surface area contributed by atoms with Gasteiger partial charge in [-0.2, -0.15) is 5.10 Å². The Labute approximate surface area is 115 Å². The summed E-state index contributed by atoms with van der Waals surface area (Å²) in [6.07, 6.45) is 7.13. The molecule has 0 radical (unpaired) electrons. The van der Waals surface area contributed by atoms with E-state index in [4.69, 9.17) is 0 Å². The summed E-state index contributed by atoms with van der Waals surface area (Å²) in [5.41, 5.74) is 3.66. The second-order valence-electron chi connectivity index (χ2n) is 4.71. The van der Waals surface area contributed by atoms with Crippen molar-refractivity contribution in [2.24, 2.45) is 0 Å². The van der Waals surface area contributed by atoms with Crippen LogP contribution in [0.2, 0.25) is 0 Å². The second-order valence-corrected chi connectivity index (χ2v) is 4.71. The lowest BCUT2D eigenvalue weighted by molar-refractivity contribution is 0.715. The summed E-state index contributed by atoms with van der Waals surface area (Å²) < 4.78 is 1.86. The SMILES string of the molecule is CCCNCC(C)=Cc1ccc(-n2cccn2)cc1. The first kappa shape index (κ1) is 13.6. The van der Waals surface area contributed by atoms with E-state index >= 15 is 0 Å². The first-order chi connectivity index (χ1) is 9.29. The minimum absolute atomic E-state index is 0.953. The van der Waals surface area contributed by atoms with Crippen LogP contribution in [0, 0.1) is 0 Å². The predicted molar refractivity (Wildman–Crippen MR) is 80.4 cm³/mol. The molecule has 1 N–H and O–H groups in total. The van der Waals surface area contributed by atoms with Crippen LogP contribution >= 0.6 is 0 Å². The third-order valence-corrected chi connectivity index (χ3v) is 2.91. The summed E-state index contributed by atoms with van der Waals surface area (Å²) in [6.45, 7) is 6.36. The van der Waals surface area contributed by atoms with Crippen molar-refractivity contribution in [3.05, 3.63) is 53.9 Å². The van der Waals surface area contributed by atoms with Crippen molar-refractivity contribution in [1.82, 2.24) is 15.1 Å². The molecule has 3 nitrogen and oxygen atoms in total. The van der Waals surface area contributed by atoms with E-state index in [2.05, 4.69) is 54.6 Å². The standard InChI is InChI=1S/C16H21N3/c1-3-9-17-13-14(2)12-15-5-7-16(8-6-15)19-11-4-10-18-19/h4-8,10-12,17H,3,9,13H2,1-2H3. The number of hydrogen-bond donors (Lipinski definition) is 1. The summed E-state index contributed by atoms with van der Waals surface area (Å²) in [6, 6.07) is 10.4. The average molecular weight is 255 g/mol. The Kier molecular flexibility index (Phi) is 4.93. The molecule has 0 amide bonds. The van der Waals surface area contributed by atoms with Crippen molar-refractivity contribution in [1.29, 1.82) is 0 Å². The molecule has 0 aliphatic rings. The van der Waals surface area contributed by atoms with Crippen molar-refractivity contribution >= 4 is 6.08 Å². The van der Waals surface area contributed by atoms with Gasteiger partial charge in [-0.15, -0.1) is 0 Å². The van der Waals surface area contributed by atoms with Crippen LogP contribution in [0.1, 0.15) is 25.8 Å². The topological polar surface area (TPSA) is 29.9 Å². The Morgan fingerprint density at radius 1 is 1.32 bits per heavy atom. The van der Waals surface area contributed by atoms with Crippen LogP contribution in [-0.2, 0) is 0 Å². The highest BCUT2D eigenvalue weighted by molar-refractivity contribution is 5.54. The molecule has 0 atom stereocenters. The minimum Gasteiger partial charge on any atom is -0.313 e. The first-order valence-electron chi connectivity index (χ1n) is 6.77. The molecule has 0 saturated carbocycles. The van der Waals surface area contributed by atoms with E-state index < -0.39 is 0 Å². The fraction of sp³-hybridized carbons (Fsp3) is 0.312. The number of benzene rings is 1. The van der Waals surface area contributed by atoms with Gasteiger partial charge in [-0.25, -0.2) is 4.68 Å². The molecular formula is C16H21N3. The largest absolute Gasteiger partial charge is 0.313 e. The Hall–Kier alpha value is -1.87. The highest BCUT2D eigenvalue weighted by Crippen LogP contribution is 2.11. The van der Waals surface area contributed by atoms with Crippen molar-refractivity contribution < 1.29 is 0 Å². The molecule has 0 fully saturated rings. The van der Waals surface area contributed by atoms with Gasteiger partial charge in [0, 0.05) is 18.9 Å². The number of aromatic nitrogens is 2. The van der Waals surface area contributed by atoms with Gasteiger partial charge in [0.05, 0.1) is 5.69 Å². The fourth-order valence-corrected chi connectivity index (χ4v) is 1.94. The van der Waals surface area contributed by atoms with E-state index in [9.17, 15) is 0 Å². The smallest absolute Gasteiger partial charge is 0.0645 e. The normalized spacial score (nSPS) is 11.8. The van der Waals surface area contributed by atoms with Gasteiger partial charge in [-0.1, -0.05) is 30.7 Å². The van der Waals surface area contributed by atoms with E-state index in [1.165, 1.54) is 17.6 Å². The number of rotatable bonds is 6. The van der Waals surface area contributed by atoms with Gasteiger partial charge in [0.15, 0.2) is 0 Å². The molecule has 2 rings (SSSR count). The zero-order chi connectivity index (χ0) is 13.5. The highest BCUT2D eigenvalue weighted by atomic mass is 15.3. The van der Waals surface area contributed by atoms with Crippen molar-refractivity contribution in [2.45, 2.75) is 20.3 Å². The van der Waals surface area contributed by atoms with E-state index in [1.807, 2.05) is 16.9 Å². The van der Waals surface area contributed by atoms with Gasteiger partial charge >= 0.3 is 0 Å². The van der Waals surface area contributed by atoms with E-state index in [-0.39, 0.29) is 0 Å². The molecule has 0 aliphatic carbocycles. The molecule has 0 saturated heterocycles. The maximum atomic E-state index is 4.22. The maximum absolute atomic E-state index is 4.22. The monoisotopic (exact) mass is 255 g/mol. The van der Waals surface area contributed by atoms with E-state index in [1.54, 1.807) is 6.20 Å². The van der Waals surface area contributed by atoms with Crippen molar-refractivity contribution in [2.75, 3.05) is 13.1 Å². The lowest BCUT2D eigenvalue weighted by Crippen LogP contribution is -2.16. The molecule has 1 aromatic heterocycles. The van der Waals surface area contributed by atoms with Gasteiger partial charge in [-0.05, 0) is 43.7 Å². The van der Waals surface area contributed by atoms with Gasteiger partial charge in [-0.3, -0.25) is 0 Å². The zero-order valence-corrected chi connectivity index (χ0v) is 11.6. The second kappa shape index (κ2) is 6.90. The van der Waals surface area contributed by atoms with Gasteiger partial charge < -0.3 is 5.32 Å². The number of nitrogens with one attached hydrogen (secondary N) is 1. The van der Waals surface area contributed by atoms with E-state index in [0.717, 1.165) is 18.8 Å². The van der Waals surface area contributed by atoms with Crippen molar-refractivity contribution in [3.63, 3.8) is 0 Å². The van der Waals surface area contributed by atoms with Gasteiger partial charge in [0.25, 0.3) is 0 Å². The fourth-order valence-electron chi connectivity index (χ4n) is 1.94. The molecule has 1 heterocycles. The van der Waals surface area contributed by atoms with Gasteiger partial charge in [0.2, 0.25) is 0 Å². The molecular weight excluding hydrogens is 234 g/mol. The summed E-state index contributed by atoms with van der Waals surface area (Å²) in [5, 5.41) is 7.62. The molecule has 0 unspecified atom stereocenters. The lowest BCUT2D eigenvalue weighted by Gasteiger charge is -2.05. The molecule has 1 aromatic carbocycles. The summed E-state index contributed by atoms with van der Waals surface area (Å²) in [7, 11) is 0. The van der Waals surface area contributed by atoms with Gasteiger partial charge in [0.1, 0.15) is 0 Å². The van der Waals surface area contributed by atoms with Crippen LogP contribution in [0.5, 0.6) is 0 Å². The Bertz CT molecular complexity index is 509. The Morgan fingerprint density at radius 3 is 2.74 bits per heavy atom.